The van der Waals surface area contributed by atoms with Crippen molar-refractivity contribution in [2.45, 2.75) is 26.9 Å². The standard InChI is InChI=1S/C29H39Cl2N3O7/c1-19-26(28(35)40-15-14-39-22-4-5-24(30)25(31)16-22)20(2)32-21(3)27(19)29(36)41-23(17-33-6-10-37-11-7-33)18-34-8-12-38-13-9-34/h4-5,16,19,23,32H,6-15,17-18H2,1-3H3. The van der Waals surface area contributed by atoms with E-state index in [1.807, 2.05) is 13.8 Å². The zero-order valence-electron chi connectivity index (χ0n) is 23.9. The van der Waals surface area contributed by atoms with Gasteiger partial charge in [0.1, 0.15) is 25.1 Å². The second-order valence-corrected chi connectivity index (χ2v) is 11.2. The molecule has 4 rings (SSSR count). The highest BCUT2D eigenvalue weighted by molar-refractivity contribution is 6.42. The maximum absolute atomic E-state index is 13.6. The van der Waals surface area contributed by atoms with Crippen LogP contribution in [0.4, 0.5) is 0 Å². The van der Waals surface area contributed by atoms with Gasteiger partial charge in [-0.3, -0.25) is 9.80 Å². The molecule has 226 valence electrons. The van der Waals surface area contributed by atoms with Crippen molar-refractivity contribution >= 4 is 35.1 Å². The van der Waals surface area contributed by atoms with E-state index in [1.54, 1.807) is 25.1 Å². The first-order chi connectivity index (χ1) is 19.7. The van der Waals surface area contributed by atoms with Crippen molar-refractivity contribution in [3.63, 3.8) is 0 Å². The third-order valence-corrected chi connectivity index (χ3v) is 8.11. The Morgan fingerprint density at radius 3 is 2.02 bits per heavy atom. The number of carbonyl (C=O) groups is 2. The number of nitrogens with one attached hydrogen (secondary N) is 1. The Labute approximate surface area is 251 Å². The quantitative estimate of drug-likeness (QED) is 0.296. The number of hydrogen-bond donors (Lipinski definition) is 1. The van der Waals surface area contributed by atoms with Crippen molar-refractivity contribution in [1.82, 2.24) is 15.1 Å². The fraction of sp³-hybridized carbons (Fsp3) is 0.586. The summed E-state index contributed by atoms with van der Waals surface area (Å²) in [4.78, 5) is 31.3. The van der Waals surface area contributed by atoms with E-state index in [4.69, 9.17) is 46.9 Å². The smallest absolute Gasteiger partial charge is 0.336 e. The van der Waals surface area contributed by atoms with Crippen LogP contribution >= 0.6 is 23.2 Å². The molecule has 1 atom stereocenters. The van der Waals surface area contributed by atoms with Crippen LogP contribution < -0.4 is 10.1 Å². The maximum atomic E-state index is 13.6. The topological polar surface area (TPSA) is 98.8 Å². The van der Waals surface area contributed by atoms with E-state index in [1.165, 1.54) is 0 Å². The second kappa shape index (κ2) is 15.2. The summed E-state index contributed by atoms with van der Waals surface area (Å²) in [5.74, 6) is -0.948. The number of dihydropyridines is 1. The predicted octanol–water partition coefficient (Wildman–Crippen LogP) is 3.28. The lowest BCUT2D eigenvalue weighted by Crippen LogP contribution is -2.48. The molecule has 3 aliphatic rings. The lowest BCUT2D eigenvalue weighted by Gasteiger charge is -2.35. The van der Waals surface area contributed by atoms with E-state index in [9.17, 15) is 9.59 Å². The molecule has 3 aliphatic heterocycles. The van der Waals surface area contributed by atoms with Gasteiger partial charge >= 0.3 is 11.9 Å². The summed E-state index contributed by atoms with van der Waals surface area (Å²) in [6.07, 6.45) is -0.341. The van der Waals surface area contributed by atoms with Crippen molar-refractivity contribution in [2.24, 2.45) is 5.92 Å². The van der Waals surface area contributed by atoms with E-state index in [2.05, 4.69) is 15.1 Å². The largest absolute Gasteiger partial charge is 0.490 e. The molecule has 0 spiro atoms. The number of ether oxygens (including phenoxy) is 5. The Kier molecular flexibility index (Phi) is 11.7. The third-order valence-electron chi connectivity index (χ3n) is 7.37. The Hall–Kier alpha value is -2.34. The molecule has 1 aromatic rings. The highest BCUT2D eigenvalue weighted by atomic mass is 35.5. The normalized spacial score (nSPS) is 20.7. The van der Waals surface area contributed by atoms with Gasteiger partial charge in [0, 0.05) is 62.6 Å². The number of rotatable bonds is 11. The van der Waals surface area contributed by atoms with Crippen molar-refractivity contribution in [3.8, 4) is 5.75 Å². The Balaban J connectivity index is 1.36. The minimum Gasteiger partial charge on any atom is -0.490 e. The second-order valence-electron chi connectivity index (χ2n) is 10.3. The van der Waals surface area contributed by atoms with Crippen LogP contribution in [0.5, 0.6) is 5.75 Å². The van der Waals surface area contributed by atoms with Crippen LogP contribution in [-0.2, 0) is 28.5 Å². The number of morpholine rings is 2. The van der Waals surface area contributed by atoms with Crippen LogP contribution in [0.2, 0.25) is 10.0 Å². The minimum atomic E-state index is -0.517. The third kappa shape index (κ3) is 8.83. The summed E-state index contributed by atoms with van der Waals surface area (Å²) in [6.45, 7) is 12.7. The van der Waals surface area contributed by atoms with Gasteiger partial charge in [0.15, 0.2) is 0 Å². The van der Waals surface area contributed by atoms with E-state index in [0.29, 0.717) is 77.9 Å². The zero-order chi connectivity index (χ0) is 29.4. The van der Waals surface area contributed by atoms with Gasteiger partial charge in [-0.05, 0) is 26.0 Å². The number of nitrogens with zero attached hydrogens (tertiary/aromatic N) is 2. The first kappa shape index (κ1) is 31.6. The summed E-state index contributed by atoms with van der Waals surface area (Å²) in [7, 11) is 0. The first-order valence-electron chi connectivity index (χ1n) is 14.0. The first-order valence-corrected chi connectivity index (χ1v) is 14.7. The molecular weight excluding hydrogens is 573 g/mol. The molecular formula is C29H39Cl2N3O7. The summed E-state index contributed by atoms with van der Waals surface area (Å²) >= 11 is 12.0. The molecule has 2 saturated heterocycles. The molecule has 1 N–H and O–H groups in total. The molecule has 0 bridgehead atoms. The van der Waals surface area contributed by atoms with Crippen LogP contribution in [-0.4, -0.2) is 107 Å². The molecule has 1 aromatic carbocycles. The van der Waals surface area contributed by atoms with Gasteiger partial charge in [-0.2, -0.15) is 0 Å². The van der Waals surface area contributed by atoms with Crippen LogP contribution in [0, 0.1) is 5.92 Å². The lowest BCUT2D eigenvalue weighted by molar-refractivity contribution is -0.148. The van der Waals surface area contributed by atoms with Crippen molar-refractivity contribution < 1.29 is 33.3 Å². The molecule has 0 radical (unpaired) electrons. The number of hydrogen-bond acceptors (Lipinski definition) is 10. The molecule has 41 heavy (non-hydrogen) atoms. The fourth-order valence-corrected chi connectivity index (χ4v) is 5.59. The van der Waals surface area contributed by atoms with E-state index < -0.39 is 17.9 Å². The summed E-state index contributed by atoms with van der Waals surface area (Å²) in [6, 6.07) is 4.92. The molecule has 0 aromatic heterocycles. The fourth-order valence-electron chi connectivity index (χ4n) is 5.30. The summed E-state index contributed by atoms with van der Waals surface area (Å²) in [5, 5.41) is 3.99. The molecule has 0 saturated carbocycles. The average Bonchev–Trinajstić information content (AvgIpc) is 2.94. The van der Waals surface area contributed by atoms with Gasteiger partial charge < -0.3 is 29.0 Å². The van der Waals surface area contributed by atoms with Crippen molar-refractivity contribution in [3.05, 3.63) is 50.8 Å². The van der Waals surface area contributed by atoms with Crippen LogP contribution in [0.1, 0.15) is 20.8 Å². The Bertz CT molecular complexity index is 1130. The molecule has 0 aliphatic carbocycles. The highest BCUT2D eigenvalue weighted by Gasteiger charge is 2.35. The Morgan fingerprint density at radius 2 is 1.46 bits per heavy atom. The number of allylic oxidation sites excluding steroid dienone is 2. The van der Waals surface area contributed by atoms with Gasteiger partial charge in [-0.25, -0.2) is 9.59 Å². The van der Waals surface area contributed by atoms with Gasteiger partial charge in [0.25, 0.3) is 0 Å². The monoisotopic (exact) mass is 611 g/mol. The maximum Gasteiger partial charge on any atom is 0.336 e. The Morgan fingerprint density at radius 1 is 0.902 bits per heavy atom. The molecule has 0 amide bonds. The van der Waals surface area contributed by atoms with Gasteiger partial charge in [0.2, 0.25) is 0 Å². The molecule has 2 fully saturated rings. The van der Waals surface area contributed by atoms with Crippen LogP contribution in [0.25, 0.3) is 0 Å². The number of esters is 2. The summed E-state index contributed by atoms with van der Waals surface area (Å²) < 4.78 is 28.3. The molecule has 1 unspecified atom stereocenters. The van der Waals surface area contributed by atoms with Crippen molar-refractivity contribution in [1.29, 1.82) is 0 Å². The number of carbonyl (C=O) groups excluding carboxylic acids is 2. The van der Waals surface area contributed by atoms with Crippen LogP contribution in [0.15, 0.2) is 40.7 Å². The average molecular weight is 613 g/mol. The van der Waals surface area contributed by atoms with E-state index >= 15 is 0 Å². The molecule has 3 heterocycles. The summed E-state index contributed by atoms with van der Waals surface area (Å²) in [5.41, 5.74) is 2.11. The minimum absolute atomic E-state index is 0.0201. The predicted molar refractivity (Wildman–Crippen MR) is 155 cm³/mol. The lowest BCUT2D eigenvalue weighted by atomic mass is 9.87. The molecule has 12 heteroatoms. The van der Waals surface area contributed by atoms with Gasteiger partial charge in [0.05, 0.1) is 47.6 Å². The van der Waals surface area contributed by atoms with Crippen molar-refractivity contribution in [2.75, 3.05) is 78.9 Å². The zero-order valence-corrected chi connectivity index (χ0v) is 25.4. The SMILES string of the molecule is CC1=C(C(=O)OCCOc2ccc(Cl)c(Cl)c2)C(C)C(C(=O)OC(CN2CCOCC2)CN2CCOCC2)=C(C)N1. The van der Waals surface area contributed by atoms with Crippen LogP contribution in [0.3, 0.4) is 0 Å². The van der Waals surface area contributed by atoms with Gasteiger partial charge in [-0.15, -0.1) is 0 Å². The van der Waals surface area contributed by atoms with E-state index in [0.717, 1.165) is 26.2 Å². The highest BCUT2D eigenvalue weighted by Crippen LogP contribution is 2.31. The number of halogens is 2. The number of benzene rings is 1. The molecule has 10 nitrogen and oxygen atoms in total. The van der Waals surface area contributed by atoms with Gasteiger partial charge in [-0.1, -0.05) is 30.1 Å². The van der Waals surface area contributed by atoms with E-state index in [-0.39, 0.29) is 19.3 Å².